The zero-order chi connectivity index (χ0) is 24.2. The molecular weight excluding hydrogens is 478 g/mol. The zero-order valence-corrected chi connectivity index (χ0v) is 20.3. The molecule has 0 fully saturated rings. The van der Waals surface area contributed by atoms with E-state index in [2.05, 4.69) is 15.6 Å². The highest BCUT2D eigenvalue weighted by atomic mass is 32.2. The Kier molecular flexibility index (Phi) is 6.85. The summed E-state index contributed by atoms with van der Waals surface area (Å²) in [6, 6.07) is 17.2. The largest absolute Gasteiger partial charge is 0.394 e. The van der Waals surface area contributed by atoms with Gasteiger partial charge in [0.1, 0.15) is 0 Å². The van der Waals surface area contributed by atoms with Gasteiger partial charge in [0.15, 0.2) is 0 Å². The molecule has 0 spiro atoms. The second-order valence-corrected chi connectivity index (χ2v) is 10.2. The van der Waals surface area contributed by atoms with Gasteiger partial charge in [-0.3, -0.25) is 9.59 Å². The van der Waals surface area contributed by atoms with Gasteiger partial charge in [0, 0.05) is 32.9 Å². The second kappa shape index (κ2) is 10.4. The molecule has 4 aromatic rings. The van der Waals surface area contributed by atoms with E-state index in [9.17, 15) is 14.7 Å². The van der Waals surface area contributed by atoms with Gasteiger partial charge >= 0.3 is 0 Å². The summed E-state index contributed by atoms with van der Waals surface area (Å²) in [6.07, 6.45) is 7.51. The Bertz CT molecular complexity index is 1450. The summed E-state index contributed by atoms with van der Waals surface area (Å²) >= 11 is 2.95. The van der Waals surface area contributed by atoms with Crippen LogP contribution in [0.4, 0.5) is 5.69 Å². The standard InChI is InChI=1S/C27H23N3O3S2/c31-15-19(12-18-14-28-22-6-2-1-5-21(18)22)29-26(32)10-9-17-11-20(34-16-17)13-25-27(33)30-23-7-3-4-8-24(23)35-25/h1-11,13-14,16,19,28,31H,12,15H2,(H,29,32)(H,30,33)/b10-9+,25-13-. The summed E-state index contributed by atoms with van der Waals surface area (Å²) in [5.41, 5.74) is 3.77. The van der Waals surface area contributed by atoms with Crippen molar-refractivity contribution in [3.05, 3.63) is 93.2 Å². The summed E-state index contributed by atoms with van der Waals surface area (Å²) in [6.45, 7) is -0.155. The summed E-state index contributed by atoms with van der Waals surface area (Å²) in [7, 11) is 0. The maximum atomic E-state index is 12.5. The first kappa shape index (κ1) is 23.2. The highest BCUT2D eigenvalue weighted by molar-refractivity contribution is 8.04. The van der Waals surface area contributed by atoms with E-state index in [0.717, 1.165) is 37.5 Å². The van der Waals surface area contributed by atoms with Gasteiger partial charge in [-0.2, -0.15) is 0 Å². The number of benzene rings is 2. The first-order valence-electron chi connectivity index (χ1n) is 11.1. The number of carbonyl (C=O) groups excluding carboxylic acids is 2. The number of aromatic amines is 1. The molecule has 35 heavy (non-hydrogen) atoms. The molecule has 0 saturated carbocycles. The number of amides is 2. The van der Waals surface area contributed by atoms with Gasteiger partial charge in [0.2, 0.25) is 5.91 Å². The lowest BCUT2D eigenvalue weighted by Gasteiger charge is -2.17. The minimum Gasteiger partial charge on any atom is -0.394 e. The fourth-order valence-corrected chi connectivity index (χ4v) is 5.74. The Morgan fingerprint density at radius 3 is 2.86 bits per heavy atom. The molecule has 1 unspecified atom stereocenters. The maximum Gasteiger partial charge on any atom is 0.262 e. The van der Waals surface area contributed by atoms with Crippen molar-refractivity contribution in [1.82, 2.24) is 10.3 Å². The van der Waals surface area contributed by atoms with E-state index >= 15 is 0 Å². The predicted molar refractivity (Wildman–Crippen MR) is 143 cm³/mol. The number of para-hydroxylation sites is 2. The van der Waals surface area contributed by atoms with E-state index in [1.54, 1.807) is 6.08 Å². The van der Waals surface area contributed by atoms with Crippen LogP contribution < -0.4 is 10.6 Å². The quantitative estimate of drug-likeness (QED) is 0.267. The number of hydrogen-bond acceptors (Lipinski definition) is 5. The van der Waals surface area contributed by atoms with Gasteiger partial charge in [-0.1, -0.05) is 42.1 Å². The third-order valence-electron chi connectivity index (χ3n) is 5.63. The lowest BCUT2D eigenvalue weighted by Crippen LogP contribution is -2.38. The van der Waals surface area contributed by atoms with Gasteiger partial charge in [0.25, 0.3) is 5.91 Å². The molecule has 1 aliphatic rings. The van der Waals surface area contributed by atoms with E-state index in [1.165, 1.54) is 29.2 Å². The van der Waals surface area contributed by atoms with Gasteiger partial charge in [-0.05, 0) is 59.3 Å². The monoisotopic (exact) mass is 501 g/mol. The summed E-state index contributed by atoms with van der Waals surface area (Å²) in [5.74, 6) is -0.391. The van der Waals surface area contributed by atoms with Crippen LogP contribution in [0.25, 0.3) is 23.1 Å². The fourth-order valence-electron chi connectivity index (χ4n) is 3.91. The van der Waals surface area contributed by atoms with Gasteiger partial charge in [-0.25, -0.2) is 0 Å². The normalized spacial score (nSPS) is 15.3. The molecule has 4 N–H and O–H groups in total. The van der Waals surface area contributed by atoms with E-state index < -0.39 is 0 Å². The van der Waals surface area contributed by atoms with Gasteiger partial charge in [-0.15, -0.1) is 11.3 Å². The number of fused-ring (bicyclic) bond motifs is 2. The molecule has 176 valence electrons. The lowest BCUT2D eigenvalue weighted by molar-refractivity contribution is -0.117. The fraction of sp³-hybridized carbons (Fsp3) is 0.111. The Morgan fingerprint density at radius 2 is 1.97 bits per heavy atom. The highest BCUT2D eigenvalue weighted by Crippen LogP contribution is 2.39. The molecule has 3 heterocycles. The number of carbonyl (C=O) groups is 2. The van der Waals surface area contributed by atoms with Crippen LogP contribution in [0.3, 0.4) is 0 Å². The van der Waals surface area contributed by atoms with E-state index in [0.29, 0.717) is 11.3 Å². The summed E-state index contributed by atoms with van der Waals surface area (Å²) in [5, 5.41) is 18.6. The van der Waals surface area contributed by atoms with Crippen molar-refractivity contribution < 1.29 is 14.7 Å². The molecule has 2 amide bonds. The van der Waals surface area contributed by atoms with Crippen molar-refractivity contribution in [2.45, 2.75) is 17.4 Å². The van der Waals surface area contributed by atoms with Gasteiger partial charge in [0.05, 0.1) is 23.2 Å². The highest BCUT2D eigenvalue weighted by Gasteiger charge is 2.20. The third kappa shape index (κ3) is 5.40. The van der Waals surface area contributed by atoms with Crippen molar-refractivity contribution in [3.8, 4) is 0 Å². The molecule has 8 heteroatoms. The Labute approximate surface area is 210 Å². The molecule has 0 saturated heterocycles. The number of nitrogens with one attached hydrogen (secondary N) is 3. The number of aromatic nitrogens is 1. The minimum atomic E-state index is -0.390. The molecule has 0 radical (unpaired) electrons. The molecule has 2 aromatic carbocycles. The van der Waals surface area contributed by atoms with E-state index in [4.69, 9.17) is 0 Å². The van der Waals surface area contributed by atoms with Crippen molar-refractivity contribution >= 4 is 63.7 Å². The first-order chi connectivity index (χ1) is 17.1. The minimum absolute atomic E-state index is 0.121. The molecule has 1 aliphatic heterocycles. The lowest BCUT2D eigenvalue weighted by atomic mass is 10.1. The number of aliphatic hydroxyl groups is 1. The predicted octanol–water partition coefficient (Wildman–Crippen LogP) is 5.05. The van der Waals surface area contributed by atoms with E-state index in [-0.39, 0.29) is 24.5 Å². The SMILES string of the molecule is O=C(/C=C/c1csc(/C=C2\Sc3ccccc3NC2=O)c1)NC(CO)Cc1c[nH]c2ccccc12. The summed E-state index contributed by atoms with van der Waals surface area (Å²) in [4.78, 5) is 30.7. The van der Waals surface area contributed by atoms with Gasteiger partial charge < -0.3 is 20.7 Å². The van der Waals surface area contributed by atoms with Crippen LogP contribution >= 0.6 is 23.1 Å². The number of thioether (sulfide) groups is 1. The van der Waals surface area contributed by atoms with Crippen LogP contribution in [0.1, 0.15) is 16.0 Å². The number of H-pyrrole nitrogens is 1. The van der Waals surface area contributed by atoms with Crippen molar-refractivity contribution in [2.75, 3.05) is 11.9 Å². The average Bonchev–Trinajstić information content (AvgIpc) is 3.49. The van der Waals surface area contributed by atoms with Crippen LogP contribution in [0.2, 0.25) is 0 Å². The maximum absolute atomic E-state index is 12.5. The molecule has 2 aromatic heterocycles. The number of aliphatic hydroxyl groups excluding tert-OH is 1. The zero-order valence-electron chi connectivity index (χ0n) is 18.7. The third-order valence-corrected chi connectivity index (χ3v) is 7.62. The molecule has 0 bridgehead atoms. The van der Waals surface area contributed by atoms with Crippen LogP contribution in [0.15, 0.2) is 82.1 Å². The first-order valence-corrected chi connectivity index (χ1v) is 12.8. The number of thiophene rings is 1. The molecule has 6 nitrogen and oxygen atoms in total. The number of rotatable bonds is 7. The molecule has 1 atom stereocenters. The Balaban J connectivity index is 1.21. The Hall–Kier alpha value is -3.59. The average molecular weight is 502 g/mol. The van der Waals surface area contributed by atoms with Crippen LogP contribution in [-0.2, 0) is 16.0 Å². The number of hydrogen-bond donors (Lipinski definition) is 4. The molecular formula is C27H23N3O3S2. The van der Waals surface area contributed by atoms with Crippen molar-refractivity contribution in [3.63, 3.8) is 0 Å². The van der Waals surface area contributed by atoms with Crippen LogP contribution in [-0.4, -0.2) is 34.6 Å². The second-order valence-electron chi connectivity index (χ2n) is 8.13. The topological polar surface area (TPSA) is 94.2 Å². The number of anilines is 1. The van der Waals surface area contributed by atoms with E-state index in [1.807, 2.05) is 72.3 Å². The smallest absolute Gasteiger partial charge is 0.262 e. The van der Waals surface area contributed by atoms with Crippen molar-refractivity contribution in [2.24, 2.45) is 0 Å². The van der Waals surface area contributed by atoms with Crippen molar-refractivity contribution in [1.29, 1.82) is 0 Å². The molecule has 5 rings (SSSR count). The van der Waals surface area contributed by atoms with Crippen LogP contribution in [0.5, 0.6) is 0 Å². The summed E-state index contributed by atoms with van der Waals surface area (Å²) < 4.78 is 0. The van der Waals surface area contributed by atoms with Crippen LogP contribution in [0, 0.1) is 0 Å². The Morgan fingerprint density at radius 1 is 1.14 bits per heavy atom. The molecule has 0 aliphatic carbocycles.